The van der Waals surface area contributed by atoms with E-state index in [0.717, 1.165) is 57.7 Å². The van der Waals surface area contributed by atoms with Gasteiger partial charge < -0.3 is 10.6 Å². The monoisotopic (exact) mass is 440 g/mol. The molecule has 2 N–H and O–H groups in total. The number of benzene rings is 1. The smallest absolute Gasteiger partial charge is 0.273 e. The van der Waals surface area contributed by atoms with E-state index in [0.29, 0.717) is 18.3 Å². The summed E-state index contributed by atoms with van der Waals surface area (Å²) in [6.07, 6.45) is 3.14. The molecule has 2 aromatic rings. The van der Waals surface area contributed by atoms with Crippen molar-refractivity contribution in [3.8, 4) is 0 Å². The molecule has 1 amide bonds. The molecule has 160 valence electrons. The van der Waals surface area contributed by atoms with E-state index in [1.807, 2.05) is 11.6 Å². The molecule has 9 heteroatoms. The van der Waals surface area contributed by atoms with Gasteiger partial charge in [0.1, 0.15) is 0 Å². The first-order valence-corrected chi connectivity index (χ1v) is 9.92. The van der Waals surface area contributed by atoms with E-state index in [-0.39, 0.29) is 30.7 Å². The van der Waals surface area contributed by atoms with Gasteiger partial charge in [-0.2, -0.15) is 0 Å². The van der Waals surface area contributed by atoms with E-state index in [9.17, 15) is 4.79 Å². The first-order chi connectivity index (χ1) is 13.2. The molecule has 1 aromatic heterocycles. The third-order valence-electron chi connectivity index (χ3n) is 5.72. The standard InChI is InChI=1S/C20H28N6O.2ClH/c1-15-19(23-24-26(15)18-6-9-21-10-7-18)20(27)22-11-13-25-12-8-16-4-2-3-5-17(16)14-25;;/h2-5,18,21H,6-14H2,1H3,(H,22,27);2*1H. The fraction of sp³-hybridized carbons (Fsp3) is 0.550. The Bertz CT molecular complexity index is 806. The molecule has 0 radical (unpaired) electrons. The Morgan fingerprint density at radius 2 is 1.93 bits per heavy atom. The Labute approximate surface area is 184 Å². The van der Waals surface area contributed by atoms with Crippen LogP contribution in [0.2, 0.25) is 0 Å². The third-order valence-corrected chi connectivity index (χ3v) is 5.72. The zero-order valence-corrected chi connectivity index (χ0v) is 18.4. The van der Waals surface area contributed by atoms with Crippen LogP contribution in [0.4, 0.5) is 0 Å². The lowest BCUT2D eigenvalue weighted by Gasteiger charge is -2.28. The van der Waals surface area contributed by atoms with Crippen molar-refractivity contribution in [2.45, 2.75) is 38.8 Å². The average Bonchev–Trinajstić information content (AvgIpc) is 3.10. The Balaban J connectivity index is 0.00000150. The molecule has 1 saturated heterocycles. The van der Waals surface area contributed by atoms with Crippen LogP contribution >= 0.6 is 24.8 Å². The van der Waals surface area contributed by atoms with E-state index in [1.54, 1.807) is 0 Å². The summed E-state index contributed by atoms with van der Waals surface area (Å²) in [6, 6.07) is 8.95. The molecule has 0 saturated carbocycles. The predicted molar refractivity (Wildman–Crippen MR) is 118 cm³/mol. The first kappa shape index (κ1) is 23.6. The van der Waals surface area contributed by atoms with Gasteiger partial charge in [0.05, 0.1) is 11.7 Å². The number of halogens is 2. The Hall–Kier alpha value is -1.67. The summed E-state index contributed by atoms with van der Waals surface area (Å²) in [7, 11) is 0. The second-order valence-corrected chi connectivity index (χ2v) is 7.50. The van der Waals surface area contributed by atoms with Crippen molar-refractivity contribution in [3.05, 3.63) is 46.8 Å². The largest absolute Gasteiger partial charge is 0.349 e. The van der Waals surface area contributed by atoms with Gasteiger partial charge in [-0.1, -0.05) is 29.5 Å². The van der Waals surface area contributed by atoms with Crippen molar-refractivity contribution in [2.24, 2.45) is 0 Å². The van der Waals surface area contributed by atoms with Crippen LogP contribution in [0.3, 0.4) is 0 Å². The number of aromatic nitrogens is 3. The van der Waals surface area contributed by atoms with Gasteiger partial charge in [-0.3, -0.25) is 9.69 Å². The molecule has 0 bridgehead atoms. The van der Waals surface area contributed by atoms with Gasteiger partial charge in [0.25, 0.3) is 5.91 Å². The van der Waals surface area contributed by atoms with E-state index < -0.39 is 0 Å². The lowest BCUT2D eigenvalue weighted by atomic mass is 10.00. The molecule has 1 fully saturated rings. The summed E-state index contributed by atoms with van der Waals surface area (Å²) >= 11 is 0. The minimum atomic E-state index is -0.120. The molecule has 0 unspecified atom stereocenters. The Morgan fingerprint density at radius 1 is 1.21 bits per heavy atom. The van der Waals surface area contributed by atoms with Gasteiger partial charge in [0.15, 0.2) is 5.69 Å². The molecule has 0 aliphatic carbocycles. The maximum atomic E-state index is 12.5. The lowest BCUT2D eigenvalue weighted by Crippen LogP contribution is -2.38. The zero-order chi connectivity index (χ0) is 18.6. The highest BCUT2D eigenvalue weighted by molar-refractivity contribution is 5.93. The molecule has 4 rings (SSSR count). The topological polar surface area (TPSA) is 75.1 Å². The molecule has 1 aromatic carbocycles. The van der Waals surface area contributed by atoms with Gasteiger partial charge in [-0.15, -0.1) is 29.9 Å². The van der Waals surface area contributed by atoms with Gasteiger partial charge in [0, 0.05) is 26.2 Å². The Kier molecular flexibility index (Phi) is 8.89. The number of nitrogens with one attached hydrogen (secondary N) is 2. The second kappa shape index (κ2) is 10.9. The number of fused-ring (bicyclic) bond motifs is 1. The van der Waals surface area contributed by atoms with Crippen LogP contribution in [0.25, 0.3) is 0 Å². The van der Waals surface area contributed by atoms with Crippen LogP contribution < -0.4 is 10.6 Å². The summed E-state index contributed by atoms with van der Waals surface area (Å²) in [5.74, 6) is -0.120. The van der Waals surface area contributed by atoms with Crippen LogP contribution in [-0.4, -0.2) is 58.5 Å². The van der Waals surface area contributed by atoms with Crippen LogP contribution in [0.5, 0.6) is 0 Å². The van der Waals surface area contributed by atoms with Crippen LogP contribution in [0.1, 0.15) is 46.2 Å². The minimum Gasteiger partial charge on any atom is -0.349 e. The first-order valence-electron chi connectivity index (χ1n) is 9.92. The molecule has 0 atom stereocenters. The van der Waals surface area contributed by atoms with Crippen molar-refractivity contribution in [3.63, 3.8) is 0 Å². The van der Waals surface area contributed by atoms with Crippen molar-refractivity contribution in [1.29, 1.82) is 0 Å². The van der Waals surface area contributed by atoms with E-state index in [1.165, 1.54) is 11.1 Å². The van der Waals surface area contributed by atoms with Crippen molar-refractivity contribution < 1.29 is 4.79 Å². The molecule has 2 aliphatic rings. The molecular formula is C20H30Cl2N6O. The lowest BCUT2D eigenvalue weighted by molar-refractivity contribution is 0.0941. The van der Waals surface area contributed by atoms with Crippen LogP contribution in [-0.2, 0) is 13.0 Å². The summed E-state index contributed by atoms with van der Waals surface area (Å²) < 4.78 is 1.93. The molecule has 2 aliphatic heterocycles. The number of amides is 1. The number of rotatable bonds is 5. The van der Waals surface area contributed by atoms with Gasteiger partial charge >= 0.3 is 0 Å². The van der Waals surface area contributed by atoms with Gasteiger partial charge in [-0.05, 0) is 50.4 Å². The number of carbonyl (C=O) groups excluding carboxylic acids is 1. The fourth-order valence-corrected chi connectivity index (χ4v) is 4.10. The minimum absolute atomic E-state index is 0. The Morgan fingerprint density at radius 3 is 2.69 bits per heavy atom. The number of piperidine rings is 1. The highest BCUT2D eigenvalue weighted by Crippen LogP contribution is 2.20. The number of carbonyl (C=O) groups is 1. The van der Waals surface area contributed by atoms with Gasteiger partial charge in [0.2, 0.25) is 0 Å². The molecule has 0 spiro atoms. The van der Waals surface area contributed by atoms with E-state index in [4.69, 9.17) is 0 Å². The quantitative estimate of drug-likeness (QED) is 0.744. The normalized spacial score (nSPS) is 17.0. The predicted octanol–water partition coefficient (Wildman–Crippen LogP) is 2.14. The molecule has 3 heterocycles. The molecule has 29 heavy (non-hydrogen) atoms. The summed E-state index contributed by atoms with van der Waals surface area (Å²) in [5.41, 5.74) is 4.17. The van der Waals surface area contributed by atoms with Gasteiger partial charge in [-0.25, -0.2) is 4.68 Å². The van der Waals surface area contributed by atoms with Crippen molar-refractivity contribution >= 4 is 30.7 Å². The molecule has 7 nitrogen and oxygen atoms in total. The van der Waals surface area contributed by atoms with Crippen molar-refractivity contribution in [1.82, 2.24) is 30.5 Å². The second-order valence-electron chi connectivity index (χ2n) is 7.50. The highest BCUT2D eigenvalue weighted by atomic mass is 35.5. The number of hydrogen-bond acceptors (Lipinski definition) is 5. The number of nitrogens with zero attached hydrogens (tertiary/aromatic N) is 4. The zero-order valence-electron chi connectivity index (χ0n) is 16.8. The maximum Gasteiger partial charge on any atom is 0.273 e. The molecular weight excluding hydrogens is 411 g/mol. The maximum absolute atomic E-state index is 12.5. The third kappa shape index (κ3) is 5.48. The van der Waals surface area contributed by atoms with E-state index in [2.05, 4.69) is 50.1 Å². The SMILES string of the molecule is Cc1c(C(=O)NCCN2CCc3ccccc3C2)nnn1C1CCNCC1.Cl.Cl. The van der Waals surface area contributed by atoms with Crippen molar-refractivity contribution in [2.75, 3.05) is 32.7 Å². The fourth-order valence-electron chi connectivity index (χ4n) is 4.10. The average molecular weight is 441 g/mol. The summed E-state index contributed by atoms with van der Waals surface area (Å²) in [6.45, 7) is 7.39. The van der Waals surface area contributed by atoms with Crippen LogP contribution in [0.15, 0.2) is 24.3 Å². The highest BCUT2D eigenvalue weighted by Gasteiger charge is 2.23. The summed E-state index contributed by atoms with van der Waals surface area (Å²) in [4.78, 5) is 14.9. The summed E-state index contributed by atoms with van der Waals surface area (Å²) in [5, 5.41) is 14.8. The van der Waals surface area contributed by atoms with Crippen LogP contribution in [0, 0.1) is 6.92 Å². The number of hydrogen-bond donors (Lipinski definition) is 2. The van der Waals surface area contributed by atoms with E-state index >= 15 is 0 Å².